The Bertz CT molecular complexity index is 424. The lowest BCUT2D eigenvalue weighted by Crippen LogP contribution is -2.29. The van der Waals surface area contributed by atoms with Gasteiger partial charge < -0.3 is 10.2 Å². The molecule has 0 bridgehead atoms. The third-order valence-corrected chi connectivity index (χ3v) is 4.90. The van der Waals surface area contributed by atoms with Crippen molar-refractivity contribution in [2.45, 2.75) is 72.4 Å². The number of nitrogens with one attached hydrogen (secondary N) is 1. The number of aromatic nitrogens is 1. The highest BCUT2D eigenvalue weighted by atomic mass is 32.1. The number of hydrogen-bond donors (Lipinski definition) is 1. The van der Waals surface area contributed by atoms with E-state index in [1.165, 1.54) is 41.4 Å². The van der Waals surface area contributed by atoms with Crippen molar-refractivity contribution < 1.29 is 0 Å². The summed E-state index contributed by atoms with van der Waals surface area (Å²) in [5.41, 5.74) is 1.33. The molecule has 1 aliphatic carbocycles. The molecule has 0 unspecified atom stereocenters. The fourth-order valence-corrected chi connectivity index (χ4v) is 3.76. The van der Waals surface area contributed by atoms with E-state index < -0.39 is 0 Å². The molecular weight excluding hydrogens is 278 g/mol. The van der Waals surface area contributed by atoms with Crippen LogP contribution in [0.2, 0.25) is 0 Å². The normalized spacial score (nSPS) is 14.9. The van der Waals surface area contributed by atoms with E-state index in [9.17, 15) is 0 Å². The quantitative estimate of drug-likeness (QED) is 0.656. The topological polar surface area (TPSA) is 28.2 Å². The lowest BCUT2D eigenvalue weighted by Gasteiger charge is -2.23. The molecule has 0 radical (unpaired) electrons. The van der Waals surface area contributed by atoms with Crippen LogP contribution >= 0.6 is 11.3 Å². The molecule has 1 N–H and O–H groups in total. The summed E-state index contributed by atoms with van der Waals surface area (Å²) in [7, 11) is 0. The number of aryl methyl sites for hydroxylation is 1. The van der Waals surface area contributed by atoms with Crippen LogP contribution < -0.4 is 10.2 Å². The van der Waals surface area contributed by atoms with Gasteiger partial charge in [-0.2, -0.15) is 0 Å². The predicted octanol–water partition coefficient (Wildman–Crippen LogP) is 4.22. The van der Waals surface area contributed by atoms with Gasteiger partial charge in [-0.1, -0.05) is 34.1 Å². The summed E-state index contributed by atoms with van der Waals surface area (Å²) in [5.74, 6) is 0.700. The van der Waals surface area contributed by atoms with Gasteiger partial charge in [0.05, 0.1) is 5.69 Å². The van der Waals surface area contributed by atoms with E-state index in [0.717, 1.165) is 32.1 Å². The third-order valence-electron chi connectivity index (χ3n) is 3.76. The highest BCUT2D eigenvalue weighted by Gasteiger charge is 2.31. The van der Waals surface area contributed by atoms with Gasteiger partial charge in [-0.25, -0.2) is 4.98 Å². The van der Waals surface area contributed by atoms with Gasteiger partial charge in [0.1, 0.15) is 0 Å². The summed E-state index contributed by atoms with van der Waals surface area (Å²) in [4.78, 5) is 9.02. The van der Waals surface area contributed by atoms with Crippen LogP contribution in [0, 0.1) is 5.92 Å². The van der Waals surface area contributed by atoms with Crippen LogP contribution in [0.15, 0.2) is 0 Å². The Morgan fingerprint density at radius 1 is 1.29 bits per heavy atom. The van der Waals surface area contributed by atoms with E-state index in [-0.39, 0.29) is 0 Å². The Morgan fingerprint density at radius 3 is 2.62 bits per heavy atom. The van der Waals surface area contributed by atoms with Gasteiger partial charge in [0, 0.05) is 24.0 Å². The van der Waals surface area contributed by atoms with Gasteiger partial charge in [0.15, 0.2) is 5.13 Å². The average molecular weight is 310 g/mol. The molecule has 1 heterocycles. The molecule has 1 saturated carbocycles. The van der Waals surface area contributed by atoms with Gasteiger partial charge in [0.2, 0.25) is 0 Å². The zero-order chi connectivity index (χ0) is 15.2. The minimum atomic E-state index is 0.700. The molecule has 21 heavy (non-hydrogen) atoms. The van der Waals surface area contributed by atoms with Crippen molar-refractivity contribution >= 4 is 16.5 Å². The number of hydrogen-bond acceptors (Lipinski definition) is 4. The highest BCUT2D eigenvalue weighted by Crippen LogP contribution is 2.36. The maximum absolute atomic E-state index is 5.00. The first kappa shape index (κ1) is 16.8. The van der Waals surface area contributed by atoms with Crippen LogP contribution in [0.5, 0.6) is 0 Å². The third kappa shape index (κ3) is 4.96. The van der Waals surface area contributed by atoms with Crippen molar-refractivity contribution in [1.82, 2.24) is 10.3 Å². The van der Waals surface area contributed by atoms with Gasteiger partial charge in [-0.3, -0.25) is 0 Å². The SMILES string of the molecule is CCCNCc1sc(N(CC(C)C)C2CC2)nc1CCC. The molecule has 0 aliphatic heterocycles. The second-order valence-electron chi connectivity index (χ2n) is 6.57. The molecular formula is C17H31N3S. The first-order valence-corrected chi connectivity index (χ1v) is 9.43. The molecule has 1 aromatic rings. The van der Waals surface area contributed by atoms with Crippen molar-refractivity contribution in [3.63, 3.8) is 0 Å². The van der Waals surface area contributed by atoms with Crippen LogP contribution in [0.1, 0.15) is 63.9 Å². The Hall–Kier alpha value is -0.610. The summed E-state index contributed by atoms with van der Waals surface area (Å²) in [6.45, 7) is 12.3. The van der Waals surface area contributed by atoms with Crippen molar-refractivity contribution in [3.8, 4) is 0 Å². The van der Waals surface area contributed by atoms with Gasteiger partial charge in [0.25, 0.3) is 0 Å². The first-order valence-electron chi connectivity index (χ1n) is 8.61. The Balaban J connectivity index is 2.11. The summed E-state index contributed by atoms with van der Waals surface area (Å²) >= 11 is 1.92. The van der Waals surface area contributed by atoms with E-state index in [1.807, 2.05) is 11.3 Å². The van der Waals surface area contributed by atoms with Crippen molar-refractivity contribution in [1.29, 1.82) is 0 Å². The lowest BCUT2D eigenvalue weighted by molar-refractivity contribution is 0.605. The maximum Gasteiger partial charge on any atom is 0.186 e. The summed E-state index contributed by atoms with van der Waals surface area (Å²) in [6.07, 6.45) is 6.17. The van der Waals surface area contributed by atoms with Gasteiger partial charge >= 0.3 is 0 Å². The molecule has 1 aromatic heterocycles. The minimum Gasteiger partial charge on any atom is -0.345 e. The summed E-state index contributed by atoms with van der Waals surface area (Å²) in [6, 6.07) is 0.754. The molecule has 4 heteroatoms. The van der Waals surface area contributed by atoms with Gasteiger partial charge in [-0.05, 0) is 38.1 Å². The predicted molar refractivity (Wildman–Crippen MR) is 93.3 cm³/mol. The number of nitrogens with zero attached hydrogens (tertiary/aromatic N) is 2. The molecule has 1 aliphatic rings. The number of thiazole rings is 1. The molecule has 0 amide bonds. The maximum atomic E-state index is 5.00. The van der Waals surface area contributed by atoms with Crippen LogP contribution in [-0.2, 0) is 13.0 Å². The van der Waals surface area contributed by atoms with E-state index >= 15 is 0 Å². The van der Waals surface area contributed by atoms with Crippen molar-refractivity contribution in [3.05, 3.63) is 10.6 Å². The van der Waals surface area contributed by atoms with E-state index in [1.54, 1.807) is 0 Å². The van der Waals surface area contributed by atoms with Crippen molar-refractivity contribution in [2.24, 2.45) is 5.92 Å². The molecule has 0 spiro atoms. The summed E-state index contributed by atoms with van der Waals surface area (Å²) < 4.78 is 0. The zero-order valence-corrected chi connectivity index (χ0v) is 14.9. The standard InChI is InChI=1S/C17H31N3S/c1-5-7-15-16(11-18-10-6-2)21-17(19-15)20(12-13(3)4)14-8-9-14/h13-14,18H,5-12H2,1-4H3. The number of anilines is 1. The fraction of sp³-hybridized carbons (Fsp3) is 0.824. The summed E-state index contributed by atoms with van der Waals surface area (Å²) in [5, 5.41) is 4.81. The lowest BCUT2D eigenvalue weighted by atomic mass is 10.2. The first-order chi connectivity index (χ1) is 10.2. The fourth-order valence-electron chi connectivity index (χ4n) is 2.60. The largest absolute Gasteiger partial charge is 0.345 e. The highest BCUT2D eigenvalue weighted by molar-refractivity contribution is 7.15. The molecule has 2 rings (SSSR count). The van der Waals surface area contributed by atoms with E-state index in [0.29, 0.717) is 5.92 Å². The van der Waals surface area contributed by atoms with E-state index in [4.69, 9.17) is 4.98 Å². The molecule has 3 nitrogen and oxygen atoms in total. The van der Waals surface area contributed by atoms with E-state index in [2.05, 4.69) is 37.9 Å². The van der Waals surface area contributed by atoms with Crippen LogP contribution in [0.4, 0.5) is 5.13 Å². The van der Waals surface area contributed by atoms with Crippen molar-refractivity contribution in [2.75, 3.05) is 18.0 Å². The smallest absolute Gasteiger partial charge is 0.186 e. The second-order valence-corrected chi connectivity index (χ2v) is 7.63. The second kappa shape index (κ2) is 8.14. The molecule has 0 aromatic carbocycles. The van der Waals surface area contributed by atoms with Gasteiger partial charge in [-0.15, -0.1) is 11.3 Å². The average Bonchev–Trinajstić information content (AvgIpc) is 3.20. The number of rotatable bonds is 10. The Kier molecular flexibility index (Phi) is 6.49. The zero-order valence-electron chi connectivity index (χ0n) is 14.1. The van der Waals surface area contributed by atoms with Crippen LogP contribution in [-0.4, -0.2) is 24.1 Å². The van der Waals surface area contributed by atoms with Crippen LogP contribution in [0.25, 0.3) is 0 Å². The minimum absolute atomic E-state index is 0.700. The molecule has 1 fully saturated rings. The molecule has 0 saturated heterocycles. The Labute approximate surface area is 134 Å². The van der Waals surface area contributed by atoms with Crippen LogP contribution in [0.3, 0.4) is 0 Å². The Morgan fingerprint density at radius 2 is 2.05 bits per heavy atom. The monoisotopic (exact) mass is 309 g/mol. The molecule has 0 atom stereocenters. The molecule has 120 valence electrons.